The van der Waals surface area contributed by atoms with Gasteiger partial charge in [0.25, 0.3) is 0 Å². The van der Waals surface area contributed by atoms with Crippen LogP contribution in [0.4, 0.5) is 0 Å². The van der Waals surface area contributed by atoms with E-state index in [1.54, 1.807) is 0 Å². The summed E-state index contributed by atoms with van der Waals surface area (Å²) >= 11 is 0. The summed E-state index contributed by atoms with van der Waals surface area (Å²) in [6.07, 6.45) is 2.11. The van der Waals surface area contributed by atoms with Crippen molar-refractivity contribution >= 4 is 32.3 Å². The van der Waals surface area contributed by atoms with Crippen molar-refractivity contribution in [2.45, 2.75) is 6.92 Å². The fourth-order valence-electron chi connectivity index (χ4n) is 4.07. The van der Waals surface area contributed by atoms with E-state index in [9.17, 15) is 0 Å². The standard InChI is InChI=1S/C25H20N/c1-17-15-20-13-12-19-11-10-18-7-3-4-8-21(18)25(19)23(20)16-22(17)24-9-5-6-14-26(24)2/h3-16H,1-2H3/q+1. The highest BCUT2D eigenvalue weighted by molar-refractivity contribution is 6.20. The predicted molar refractivity (Wildman–Crippen MR) is 110 cm³/mol. The average Bonchev–Trinajstić information content (AvgIpc) is 2.67. The summed E-state index contributed by atoms with van der Waals surface area (Å²) in [5, 5.41) is 7.88. The molecule has 0 aliphatic rings. The lowest BCUT2D eigenvalue weighted by Gasteiger charge is -2.11. The highest BCUT2D eigenvalue weighted by Gasteiger charge is 2.14. The molecule has 4 aromatic carbocycles. The van der Waals surface area contributed by atoms with Crippen molar-refractivity contribution in [3.8, 4) is 11.3 Å². The zero-order valence-corrected chi connectivity index (χ0v) is 15.0. The first-order chi connectivity index (χ1) is 12.7. The SMILES string of the molecule is Cc1cc2ccc3ccc4ccccc4c3c2cc1-c1cccc[n+]1C. The Kier molecular flexibility index (Phi) is 3.29. The van der Waals surface area contributed by atoms with Gasteiger partial charge in [-0.05, 0) is 56.9 Å². The van der Waals surface area contributed by atoms with Crippen LogP contribution in [0.3, 0.4) is 0 Å². The number of aryl methyl sites for hydroxylation is 2. The maximum absolute atomic E-state index is 2.37. The van der Waals surface area contributed by atoms with Crippen LogP contribution in [0.5, 0.6) is 0 Å². The van der Waals surface area contributed by atoms with Gasteiger partial charge in [-0.2, -0.15) is 0 Å². The fraction of sp³-hybridized carbons (Fsp3) is 0.0800. The first-order valence-corrected chi connectivity index (χ1v) is 9.02. The lowest BCUT2D eigenvalue weighted by atomic mass is 9.92. The second-order valence-electron chi connectivity index (χ2n) is 7.04. The van der Waals surface area contributed by atoms with E-state index in [-0.39, 0.29) is 0 Å². The van der Waals surface area contributed by atoms with E-state index in [2.05, 4.69) is 104 Å². The Morgan fingerprint density at radius 3 is 2.23 bits per heavy atom. The number of nitrogens with zero attached hydrogens (tertiary/aromatic N) is 1. The molecule has 0 atom stereocenters. The van der Waals surface area contributed by atoms with Gasteiger partial charge in [0.2, 0.25) is 5.69 Å². The molecule has 1 aromatic heterocycles. The van der Waals surface area contributed by atoms with Crippen molar-refractivity contribution < 1.29 is 4.57 Å². The van der Waals surface area contributed by atoms with Gasteiger partial charge < -0.3 is 0 Å². The first kappa shape index (κ1) is 15.1. The van der Waals surface area contributed by atoms with Gasteiger partial charge in [-0.3, -0.25) is 0 Å². The van der Waals surface area contributed by atoms with Crippen LogP contribution in [-0.4, -0.2) is 0 Å². The van der Waals surface area contributed by atoms with E-state index < -0.39 is 0 Å². The minimum absolute atomic E-state index is 1.24. The maximum atomic E-state index is 2.37. The van der Waals surface area contributed by atoms with E-state index in [4.69, 9.17) is 0 Å². The van der Waals surface area contributed by atoms with Gasteiger partial charge in [0.1, 0.15) is 7.05 Å². The molecule has 0 aliphatic heterocycles. The second kappa shape index (κ2) is 5.67. The van der Waals surface area contributed by atoms with Crippen LogP contribution in [0.25, 0.3) is 43.6 Å². The summed E-state index contributed by atoms with van der Waals surface area (Å²) in [5.74, 6) is 0. The summed E-state index contributed by atoms with van der Waals surface area (Å²) in [4.78, 5) is 0. The molecule has 0 spiro atoms. The molecule has 0 unspecified atom stereocenters. The van der Waals surface area contributed by atoms with E-state index >= 15 is 0 Å². The van der Waals surface area contributed by atoms with Gasteiger partial charge in [0.15, 0.2) is 6.20 Å². The molecule has 5 rings (SSSR count). The summed E-state index contributed by atoms with van der Waals surface area (Å²) in [5.41, 5.74) is 3.84. The van der Waals surface area contributed by atoms with Gasteiger partial charge in [-0.15, -0.1) is 0 Å². The monoisotopic (exact) mass is 334 g/mol. The molecule has 0 aliphatic carbocycles. The molecule has 0 radical (unpaired) electrons. The fourth-order valence-corrected chi connectivity index (χ4v) is 4.07. The Labute approximate surface area is 153 Å². The zero-order valence-electron chi connectivity index (χ0n) is 15.0. The number of benzene rings is 4. The lowest BCUT2D eigenvalue weighted by molar-refractivity contribution is -0.660. The number of rotatable bonds is 1. The third-order valence-electron chi connectivity index (χ3n) is 5.40. The highest BCUT2D eigenvalue weighted by Crippen LogP contribution is 2.35. The Morgan fingerprint density at radius 1 is 0.654 bits per heavy atom. The molecule has 26 heavy (non-hydrogen) atoms. The maximum Gasteiger partial charge on any atom is 0.212 e. The van der Waals surface area contributed by atoms with Crippen LogP contribution < -0.4 is 4.57 Å². The molecule has 1 heteroatoms. The van der Waals surface area contributed by atoms with Crippen LogP contribution in [0, 0.1) is 6.92 Å². The van der Waals surface area contributed by atoms with Gasteiger partial charge >= 0.3 is 0 Å². The molecule has 124 valence electrons. The smallest absolute Gasteiger partial charge is 0.201 e. The Balaban J connectivity index is 1.96. The largest absolute Gasteiger partial charge is 0.212 e. The van der Waals surface area contributed by atoms with Crippen LogP contribution in [0.15, 0.2) is 85.1 Å². The Bertz CT molecular complexity index is 1300. The third kappa shape index (κ3) is 2.21. The van der Waals surface area contributed by atoms with Gasteiger partial charge in [0.05, 0.1) is 0 Å². The molecule has 0 fully saturated rings. The number of pyridine rings is 1. The van der Waals surface area contributed by atoms with E-state index in [0.717, 1.165) is 0 Å². The molecule has 1 nitrogen and oxygen atoms in total. The van der Waals surface area contributed by atoms with Crippen molar-refractivity contribution in [2.75, 3.05) is 0 Å². The molecule has 0 amide bonds. The number of hydrogen-bond acceptors (Lipinski definition) is 0. The second-order valence-corrected chi connectivity index (χ2v) is 7.04. The summed E-state index contributed by atoms with van der Waals surface area (Å²) in [6, 6.07) is 28.7. The summed E-state index contributed by atoms with van der Waals surface area (Å²) < 4.78 is 2.19. The van der Waals surface area contributed by atoms with Crippen LogP contribution in [0.2, 0.25) is 0 Å². The minimum Gasteiger partial charge on any atom is -0.201 e. The Morgan fingerprint density at radius 2 is 1.38 bits per heavy atom. The van der Waals surface area contributed by atoms with E-state index in [0.29, 0.717) is 0 Å². The number of fused-ring (bicyclic) bond motifs is 5. The van der Waals surface area contributed by atoms with Crippen LogP contribution in [0.1, 0.15) is 5.56 Å². The molecule has 1 heterocycles. The first-order valence-electron chi connectivity index (χ1n) is 9.02. The molecule has 0 N–H and O–H groups in total. The molecule has 0 bridgehead atoms. The van der Waals surface area contributed by atoms with E-state index in [1.807, 2.05) is 0 Å². The van der Waals surface area contributed by atoms with Crippen molar-refractivity contribution in [3.63, 3.8) is 0 Å². The van der Waals surface area contributed by atoms with E-state index in [1.165, 1.54) is 49.1 Å². The number of hydrogen-bond donors (Lipinski definition) is 0. The third-order valence-corrected chi connectivity index (χ3v) is 5.40. The molecule has 5 aromatic rings. The van der Waals surface area contributed by atoms with Gasteiger partial charge in [-0.25, -0.2) is 4.57 Å². The highest BCUT2D eigenvalue weighted by atomic mass is 14.9. The van der Waals surface area contributed by atoms with Crippen LogP contribution in [-0.2, 0) is 7.05 Å². The zero-order chi connectivity index (χ0) is 17.7. The summed E-state index contributed by atoms with van der Waals surface area (Å²) in [6.45, 7) is 2.20. The average molecular weight is 334 g/mol. The number of aromatic nitrogens is 1. The van der Waals surface area contributed by atoms with Crippen molar-refractivity contribution in [1.82, 2.24) is 0 Å². The molecular weight excluding hydrogens is 314 g/mol. The topological polar surface area (TPSA) is 3.88 Å². The predicted octanol–water partition coefficient (Wildman–Crippen LogP) is 5.95. The summed E-state index contributed by atoms with van der Waals surface area (Å²) in [7, 11) is 2.11. The van der Waals surface area contributed by atoms with Crippen molar-refractivity contribution in [2.24, 2.45) is 7.05 Å². The van der Waals surface area contributed by atoms with Gasteiger partial charge in [-0.1, -0.05) is 54.6 Å². The minimum atomic E-state index is 1.24. The molecule has 0 saturated heterocycles. The lowest BCUT2D eigenvalue weighted by Crippen LogP contribution is -2.30. The Hall–Kier alpha value is -3.19. The normalized spacial score (nSPS) is 11.5. The van der Waals surface area contributed by atoms with Crippen molar-refractivity contribution in [3.05, 3.63) is 90.6 Å². The van der Waals surface area contributed by atoms with Gasteiger partial charge in [0, 0.05) is 17.7 Å². The van der Waals surface area contributed by atoms with Crippen LogP contribution >= 0.6 is 0 Å². The van der Waals surface area contributed by atoms with Crippen molar-refractivity contribution in [1.29, 1.82) is 0 Å². The molecular formula is C25H20N+. The molecule has 0 saturated carbocycles. The quantitative estimate of drug-likeness (QED) is 0.263.